The van der Waals surface area contributed by atoms with Crippen molar-refractivity contribution in [3.05, 3.63) is 65.2 Å². The Morgan fingerprint density at radius 2 is 1.86 bits per heavy atom. The lowest BCUT2D eigenvalue weighted by Gasteiger charge is -2.30. The Kier molecular flexibility index (Phi) is 5.65. The summed E-state index contributed by atoms with van der Waals surface area (Å²) < 4.78 is 0. The molecule has 2 aromatic rings. The fraction of sp³-hybridized carbons (Fsp3) is 0.391. The van der Waals surface area contributed by atoms with Gasteiger partial charge in [-0.3, -0.25) is 14.5 Å². The number of benzene rings is 2. The maximum atomic E-state index is 12.8. The van der Waals surface area contributed by atoms with Gasteiger partial charge in [0.15, 0.2) is 0 Å². The molecule has 4 rings (SSSR count). The van der Waals surface area contributed by atoms with Crippen molar-refractivity contribution in [2.45, 2.75) is 32.0 Å². The van der Waals surface area contributed by atoms with Crippen LogP contribution in [-0.4, -0.2) is 48.1 Å². The van der Waals surface area contributed by atoms with Crippen LogP contribution in [0.15, 0.2) is 48.5 Å². The van der Waals surface area contributed by atoms with Crippen LogP contribution in [0.4, 0.5) is 5.69 Å². The maximum Gasteiger partial charge on any atom is 0.239 e. The molecular weight excluding hydrogens is 366 g/mol. The summed E-state index contributed by atoms with van der Waals surface area (Å²) in [6, 6.07) is 15.7. The molecular formula is C23H27N3O3. The lowest BCUT2D eigenvalue weighted by molar-refractivity contribution is -0.134. The van der Waals surface area contributed by atoms with Crippen molar-refractivity contribution < 1.29 is 14.7 Å². The molecule has 0 saturated carbocycles. The Labute approximate surface area is 171 Å². The van der Waals surface area contributed by atoms with Gasteiger partial charge in [-0.1, -0.05) is 42.5 Å². The minimum absolute atomic E-state index is 0.166. The van der Waals surface area contributed by atoms with Gasteiger partial charge in [-0.15, -0.1) is 0 Å². The first-order valence-corrected chi connectivity index (χ1v) is 10.1. The van der Waals surface area contributed by atoms with Gasteiger partial charge < -0.3 is 15.3 Å². The van der Waals surface area contributed by atoms with Crippen molar-refractivity contribution >= 4 is 17.5 Å². The van der Waals surface area contributed by atoms with Crippen molar-refractivity contribution in [1.82, 2.24) is 10.2 Å². The molecule has 29 heavy (non-hydrogen) atoms. The highest BCUT2D eigenvalue weighted by Crippen LogP contribution is 2.29. The van der Waals surface area contributed by atoms with Crippen LogP contribution in [0, 0.1) is 5.92 Å². The van der Waals surface area contributed by atoms with Crippen LogP contribution in [0.5, 0.6) is 0 Å². The molecule has 6 heteroatoms. The van der Waals surface area contributed by atoms with Gasteiger partial charge in [0.25, 0.3) is 0 Å². The molecule has 0 radical (unpaired) electrons. The van der Waals surface area contributed by atoms with E-state index in [1.165, 1.54) is 0 Å². The van der Waals surface area contributed by atoms with Crippen LogP contribution in [0.3, 0.4) is 0 Å². The van der Waals surface area contributed by atoms with E-state index < -0.39 is 5.92 Å². The minimum atomic E-state index is -0.698. The summed E-state index contributed by atoms with van der Waals surface area (Å²) in [4.78, 5) is 29.3. The smallest absolute Gasteiger partial charge is 0.239 e. The number of carbonyl (C=O) groups excluding carboxylic acids is 2. The molecule has 2 N–H and O–H groups in total. The van der Waals surface area contributed by atoms with Crippen molar-refractivity contribution in [2.24, 2.45) is 5.92 Å². The normalized spacial score (nSPS) is 21.9. The third-order valence-corrected chi connectivity index (χ3v) is 5.94. The highest BCUT2D eigenvalue weighted by molar-refractivity contribution is 6.09. The zero-order chi connectivity index (χ0) is 20.4. The SMILES string of the molecule is CN1C(=O)C(C(=O)NCc2ccccc2CN2CCC(O)C2)Cc2ccccc21. The fourth-order valence-corrected chi connectivity index (χ4v) is 4.26. The number of carbonyl (C=O) groups is 2. The second kappa shape index (κ2) is 8.35. The topological polar surface area (TPSA) is 72.9 Å². The summed E-state index contributed by atoms with van der Waals surface area (Å²) in [5, 5.41) is 12.7. The standard InChI is InChI=1S/C23H27N3O3/c1-25-21-9-5-4-6-16(21)12-20(23(25)29)22(28)24-13-17-7-2-3-8-18(17)14-26-11-10-19(27)15-26/h2-9,19-20,27H,10-15H2,1H3,(H,24,28). The number of hydrogen-bond donors (Lipinski definition) is 2. The average Bonchev–Trinajstić information content (AvgIpc) is 3.14. The third-order valence-electron chi connectivity index (χ3n) is 5.94. The molecule has 2 aliphatic heterocycles. The highest BCUT2D eigenvalue weighted by Gasteiger charge is 2.35. The summed E-state index contributed by atoms with van der Waals surface area (Å²) in [5.41, 5.74) is 4.07. The number of aliphatic hydroxyl groups is 1. The molecule has 6 nitrogen and oxygen atoms in total. The summed E-state index contributed by atoms with van der Waals surface area (Å²) in [5.74, 6) is -1.10. The van der Waals surface area contributed by atoms with E-state index in [0.717, 1.165) is 41.9 Å². The first kappa shape index (κ1) is 19.6. The molecule has 2 aliphatic rings. The number of likely N-dealkylation sites (tertiary alicyclic amines) is 1. The molecule has 0 aromatic heterocycles. The van der Waals surface area contributed by atoms with Crippen molar-refractivity contribution in [2.75, 3.05) is 25.0 Å². The van der Waals surface area contributed by atoms with Gasteiger partial charge in [0.1, 0.15) is 5.92 Å². The summed E-state index contributed by atoms with van der Waals surface area (Å²) >= 11 is 0. The predicted molar refractivity (Wildman–Crippen MR) is 111 cm³/mol. The number of fused-ring (bicyclic) bond motifs is 1. The van der Waals surface area contributed by atoms with E-state index in [1.54, 1.807) is 11.9 Å². The zero-order valence-corrected chi connectivity index (χ0v) is 16.7. The molecule has 1 saturated heterocycles. The highest BCUT2D eigenvalue weighted by atomic mass is 16.3. The van der Waals surface area contributed by atoms with Crippen LogP contribution in [-0.2, 0) is 29.1 Å². The zero-order valence-electron chi connectivity index (χ0n) is 16.7. The largest absolute Gasteiger partial charge is 0.392 e. The number of amides is 2. The van der Waals surface area contributed by atoms with Crippen molar-refractivity contribution in [1.29, 1.82) is 0 Å². The van der Waals surface area contributed by atoms with Crippen LogP contribution in [0.2, 0.25) is 0 Å². The molecule has 0 aliphatic carbocycles. The molecule has 2 atom stereocenters. The van der Waals surface area contributed by atoms with E-state index in [0.29, 0.717) is 19.5 Å². The Balaban J connectivity index is 1.42. The van der Waals surface area contributed by atoms with Crippen molar-refractivity contribution in [3.63, 3.8) is 0 Å². The number of anilines is 1. The van der Waals surface area contributed by atoms with Gasteiger partial charge in [0.2, 0.25) is 11.8 Å². The number of nitrogens with zero attached hydrogens (tertiary/aromatic N) is 2. The van der Waals surface area contributed by atoms with Gasteiger partial charge in [0, 0.05) is 38.9 Å². The van der Waals surface area contributed by atoms with Crippen LogP contribution in [0.1, 0.15) is 23.1 Å². The third kappa shape index (κ3) is 4.18. The Hall–Kier alpha value is -2.70. The molecule has 2 unspecified atom stereocenters. The first-order valence-electron chi connectivity index (χ1n) is 10.1. The number of nitrogens with one attached hydrogen (secondary N) is 1. The Morgan fingerprint density at radius 1 is 1.14 bits per heavy atom. The summed E-state index contributed by atoms with van der Waals surface area (Å²) in [6.45, 7) is 2.70. The van der Waals surface area contributed by atoms with Gasteiger partial charge in [0.05, 0.1) is 6.10 Å². The molecule has 2 heterocycles. The predicted octanol–water partition coefficient (Wildman–Crippen LogP) is 1.70. The maximum absolute atomic E-state index is 12.8. The van der Waals surface area contributed by atoms with E-state index in [2.05, 4.69) is 16.3 Å². The van der Waals surface area contributed by atoms with Gasteiger partial charge in [-0.05, 0) is 35.6 Å². The van der Waals surface area contributed by atoms with E-state index in [1.807, 2.05) is 42.5 Å². The molecule has 2 amide bonds. The van der Waals surface area contributed by atoms with E-state index in [-0.39, 0.29) is 17.9 Å². The molecule has 152 valence electrons. The molecule has 0 bridgehead atoms. The fourth-order valence-electron chi connectivity index (χ4n) is 4.26. The molecule has 1 fully saturated rings. The van der Waals surface area contributed by atoms with Gasteiger partial charge >= 0.3 is 0 Å². The van der Waals surface area contributed by atoms with E-state index >= 15 is 0 Å². The van der Waals surface area contributed by atoms with Crippen LogP contribution >= 0.6 is 0 Å². The van der Waals surface area contributed by atoms with Crippen molar-refractivity contribution in [3.8, 4) is 0 Å². The van der Waals surface area contributed by atoms with Crippen LogP contribution < -0.4 is 10.2 Å². The van der Waals surface area contributed by atoms with Gasteiger partial charge in [-0.2, -0.15) is 0 Å². The quantitative estimate of drug-likeness (QED) is 0.759. The Bertz CT molecular complexity index is 914. The first-order chi connectivity index (χ1) is 14.0. The number of aliphatic hydroxyl groups excluding tert-OH is 1. The number of rotatable bonds is 5. The average molecular weight is 393 g/mol. The van der Waals surface area contributed by atoms with Crippen LogP contribution in [0.25, 0.3) is 0 Å². The number of hydrogen-bond acceptors (Lipinski definition) is 4. The molecule has 2 aromatic carbocycles. The van der Waals surface area contributed by atoms with E-state index in [9.17, 15) is 14.7 Å². The number of β-amino-alcohol motifs (C(OH)–C–C–N with tert-alkyl or cyclic N) is 1. The molecule has 0 spiro atoms. The summed E-state index contributed by atoms with van der Waals surface area (Å²) in [6.07, 6.45) is 0.981. The lowest BCUT2D eigenvalue weighted by atomic mass is 9.91. The van der Waals surface area contributed by atoms with Gasteiger partial charge in [-0.25, -0.2) is 0 Å². The lowest BCUT2D eigenvalue weighted by Crippen LogP contribution is -2.46. The second-order valence-corrected chi connectivity index (χ2v) is 7.95. The summed E-state index contributed by atoms with van der Waals surface area (Å²) in [7, 11) is 1.72. The monoisotopic (exact) mass is 393 g/mol. The minimum Gasteiger partial charge on any atom is -0.392 e. The number of para-hydroxylation sites is 1. The Morgan fingerprint density at radius 3 is 2.62 bits per heavy atom. The second-order valence-electron chi connectivity index (χ2n) is 7.95. The van der Waals surface area contributed by atoms with E-state index in [4.69, 9.17) is 0 Å².